The van der Waals surface area contributed by atoms with Crippen molar-refractivity contribution in [2.24, 2.45) is 5.41 Å². The van der Waals surface area contributed by atoms with E-state index in [9.17, 15) is 0 Å². The van der Waals surface area contributed by atoms with Gasteiger partial charge in [0.2, 0.25) is 0 Å². The Kier molecular flexibility index (Phi) is 1.12. The van der Waals surface area contributed by atoms with Crippen molar-refractivity contribution in [1.29, 1.82) is 0 Å². The summed E-state index contributed by atoms with van der Waals surface area (Å²) in [5, 5.41) is 4.14. The number of fused-ring (bicyclic) bond motifs is 2. The molecule has 2 aliphatic rings. The van der Waals surface area contributed by atoms with Crippen molar-refractivity contribution in [3.63, 3.8) is 0 Å². The zero-order valence-electron chi connectivity index (χ0n) is 9.53. The van der Waals surface area contributed by atoms with Crippen LogP contribution in [-0.4, -0.2) is 14.6 Å². The molecule has 2 aromatic rings. The Balaban J connectivity index is 1.96. The van der Waals surface area contributed by atoms with Gasteiger partial charge in [-0.3, -0.25) is 0 Å². The molecule has 3 heteroatoms. The van der Waals surface area contributed by atoms with Gasteiger partial charge in [-0.15, -0.1) is 0 Å². The summed E-state index contributed by atoms with van der Waals surface area (Å²) in [6.45, 7) is 0. The summed E-state index contributed by atoms with van der Waals surface area (Å²) in [5.41, 5.74) is 3.65. The predicted molar refractivity (Wildman–Crippen MR) is 56.7 cm³/mol. The molecule has 0 radical (unpaired) electrons. The van der Waals surface area contributed by atoms with Gasteiger partial charge in [-0.2, -0.15) is 5.10 Å². The molecule has 4 rings (SSSR count). The lowest BCUT2D eigenvalue weighted by atomic mass is 9.85. The molecule has 76 valence electrons. The van der Waals surface area contributed by atoms with Gasteiger partial charge in [0.15, 0.2) is 5.65 Å². The Morgan fingerprint density at radius 3 is 3.20 bits per heavy atom. The molecular formula is C12H13N3. The third-order valence-corrected chi connectivity index (χ3v) is 3.87. The molecule has 0 saturated heterocycles. The second-order valence-electron chi connectivity index (χ2n) is 4.93. The van der Waals surface area contributed by atoms with Crippen LogP contribution in [0.25, 0.3) is 5.65 Å². The molecule has 3 nitrogen and oxygen atoms in total. The maximum absolute atomic E-state index is 8.14. The Hall–Kier alpha value is -1.38. The summed E-state index contributed by atoms with van der Waals surface area (Å²) < 4.78 is 9.79. The second-order valence-corrected chi connectivity index (χ2v) is 4.93. The Morgan fingerprint density at radius 2 is 2.33 bits per heavy atom. The quantitative estimate of drug-likeness (QED) is 0.651. The van der Waals surface area contributed by atoms with Gasteiger partial charge in [-0.1, -0.05) is 0 Å². The highest BCUT2D eigenvalue weighted by atomic mass is 15.2. The minimum Gasteiger partial charge on any atom is -0.233 e. The van der Waals surface area contributed by atoms with E-state index in [1.165, 1.54) is 19.3 Å². The summed E-state index contributed by atoms with van der Waals surface area (Å²) >= 11 is 0. The number of nitrogens with zero attached hydrogens (tertiary/aromatic N) is 3. The van der Waals surface area contributed by atoms with Crippen molar-refractivity contribution in [2.45, 2.75) is 32.1 Å². The lowest BCUT2D eigenvalue weighted by Gasteiger charge is -2.22. The van der Waals surface area contributed by atoms with Crippen LogP contribution in [0.15, 0.2) is 18.4 Å². The molecular weight excluding hydrogens is 186 g/mol. The molecule has 0 atom stereocenters. The van der Waals surface area contributed by atoms with E-state index in [0.717, 1.165) is 29.7 Å². The van der Waals surface area contributed by atoms with Gasteiger partial charge in [0.05, 0.1) is 7.57 Å². The van der Waals surface area contributed by atoms with Gasteiger partial charge < -0.3 is 0 Å². The van der Waals surface area contributed by atoms with E-state index in [-0.39, 0.29) is 0 Å². The van der Waals surface area contributed by atoms with E-state index in [4.69, 9.17) is 1.37 Å². The standard InChI is InChI=1S/C12H13N3/c1-3-12(4-5-12)7-10-9(1)8-15-11(14-10)2-6-13-15/h2,6,8H,1,3-5,7H2/i8D. The maximum atomic E-state index is 8.14. The summed E-state index contributed by atoms with van der Waals surface area (Å²) in [7, 11) is 0. The van der Waals surface area contributed by atoms with Crippen LogP contribution >= 0.6 is 0 Å². The van der Waals surface area contributed by atoms with Crippen molar-refractivity contribution < 1.29 is 1.37 Å². The van der Waals surface area contributed by atoms with E-state index in [0.29, 0.717) is 11.6 Å². The van der Waals surface area contributed by atoms with Crippen LogP contribution < -0.4 is 0 Å². The summed E-state index contributed by atoms with van der Waals surface area (Å²) in [6.07, 6.45) is 8.30. The number of aromatic nitrogens is 3. The molecule has 1 spiro atoms. The monoisotopic (exact) mass is 200 g/mol. The molecule has 2 aromatic heterocycles. The minimum atomic E-state index is 0.542. The zero-order valence-corrected chi connectivity index (χ0v) is 8.53. The zero-order chi connectivity index (χ0) is 10.8. The van der Waals surface area contributed by atoms with Gasteiger partial charge >= 0.3 is 0 Å². The lowest BCUT2D eigenvalue weighted by molar-refractivity contribution is 0.429. The van der Waals surface area contributed by atoms with E-state index in [2.05, 4.69) is 10.1 Å². The molecule has 0 bridgehead atoms. The van der Waals surface area contributed by atoms with Crippen molar-refractivity contribution in [3.05, 3.63) is 29.7 Å². The first kappa shape index (κ1) is 6.99. The van der Waals surface area contributed by atoms with E-state index < -0.39 is 0 Å². The van der Waals surface area contributed by atoms with E-state index >= 15 is 0 Å². The smallest absolute Gasteiger partial charge is 0.155 e. The van der Waals surface area contributed by atoms with Crippen LogP contribution in [-0.2, 0) is 12.8 Å². The van der Waals surface area contributed by atoms with Crippen LogP contribution in [0.5, 0.6) is 0 Å². The van der Waals surface area contributed by atoms with Crippen LogP contribution in [0.3, 0.4) is 0 Å². The van der Waals surface area contributed by atoms with Crippen LogP contribution in [0, 0.1) is 5.41 Å². The van der Waals surface area contributed by atoms with Gasteiger partial charge in [0.25, 0.3) is 0 Å². The first-order chi connectivity index (χ1) is 7.77. The minimum absolute atomic E-state index is 0.542. The molecule has 0 amide bonds. The largest absolute Gasteiger partial charge is 0.233 e. The fourth-order valence-electron chi connectivity index (χ4n) is 2.65. The third-order valence-electron chi connectivity index (χ3n) is 3.87. The van der Waals surface area contributed by atoms with Crippen LogP contribution in [0.1, 0.15) is 31.9 Å². The molecule has 1 fully saturated rings. The summed E-state index contributed by atoms with van der Waals surface area (Å²) in [5.74, 6) is 0. The molecule has 2 aliphatic carbocycles. The summed E-state index contributed by atoms with van der Waals surface area (Å²) in [6, 6.07) is 1.88. The second kappa shape index (κ2) is 2.40. The van der Waals surface area contributed by atoms with Gasteiger partial charge in [-0.05, 0) is 43.1 Å². The number of hydrogen-bond acceptors (Lipinski definition) is 2. The average Bonchev–Trinajstić information content (AvgIpc) is 2.86. The Labute approximate surface area is 89.5 Å². The maximum Gasteiger partial charge on any atom is 0.155 e. The molecule has 1 saturated carbocycles. The van der Waals surface area contributed by atoms with Crippen LogP contribution in [0.4, 0.5) is 0 Å². The Bertz CT molecular complexity index is 583. The molecule has 15 heavy (non-hydrogen) atoms. The van der Waals surface area contributed by atoms with Crippen molar-refractivity contribution in [3.8, 4) is 0 Å². The van der Waals surface area contributed by atoms with Gasteiger partial charge in [0, 0.05) is 17.9 Å². The fraction of sp³-hybridized carbons (Fsp3) is 0.500. The highest BCUT2D eigenvalue weighted by molar-refractivity contribution is 5.40. The molecule has 0 aliphatic heterocycles. The van der Waals surface area contributed by atoms with E-state index in [1.807, 2.05) is 6.07 Å². The van der Waals surface area contributed by atoms with Crippen molar-refractivity contribution in [1.82, 2.24) is 14.6 Å². The predicted octanol–water partition coefficient (Wildman–Crippen LogP) is 2.00. The third kappa shape index (κ3) is 1.06. The highest BCUT2D eigenvalue weighted by Crippen LogP contribution is 2.54. The highest BCUT2D eigenvalue weighted by Gasteiger charge is 2.45. The lowest BCUT2D eigenvalue weighted by Crippen LogP contribution is -2.17. The number of rotatable bonds is 0. The average molecular weight is 200 g/mol. The van der Waals surface area contributed by atoms with Crippen molar-refractivity contribution in [2.75, 3.05) is 0 Å². The topological polar surface area (TPSA) is 30.2 Å². The normalized spacial score (nSPS) is 22.8. The molecule has 2 heterocycles. The van der Waals surface area contributed by atoms with Gasteiger partial charge in [-0.25, -0.2) is 9.50 Å². The Morgan fingerprint density at radius 1 is 1.40 bits per heavy atom. The van der Waals surface area contributed by atoms with E-state index in [1.54, 1.807) is 10.7 Å². The van der Waals surface area contributed by atoms with Gasteiger partial charge in [0.1, 0.15) is 0 Å². The first-order valence-electron chi connectivity index (χ1n) is 6.10. The molecule has 0 N–H and O–H groups in total. The summed E-state index contributed by atoms with van der Waals surface area (Å²) in [4.78, 5) is 4.65. The fourth-order valence-corrected chi connectivity index (χ4v) is 2.65. The van der Waals surface area contributed by atoms with Crippen molar-refractivity contribution >= 4 is 5.65 Å². The first-order valence-corrected chi connectivity index (χ1v) is 5.60. The molecule has 0 unspecified atom stereocenters. The number of hydrogen-bond donors (Lipinski definition) is 0. The molecule has 0 aromatic carbocycles. The SMILES string of the molecule is [2H]c1c2c(nc3ccnn13)CC1(CC2)CC1. The van der Waals surface area contributed by atoms with Crippen LogP contribution in [0.2, 0.25) is 0 Å².